The molecular weight excluding hydrogens is 196 g/mol. The predicted molar refractivity (Wildman–Crippen MR) is 50.9 cm³/mol. The number of β-lactam (4-membered cyclic amide) rings is 1. The average Bonchev–Trinajstić information content (AvgIpc) is 2.24. The molecule has 1 saturated heterocycles. The second kappa shape index (κ2) is 3.68. The Morgan fingerprint density at radius 1 is 1.53 bits per heavy atom. The Morgan fingerprint density at radius 3 is 2.73 bits per heavy atom. The Morgan fingerprint density at radius 2 is 2.20 bits per heavy atom. The van der Waals surface area contributed by atoms with Crippen LogP contribution in [0, 0.1) is 0 Å². The highest BCUT2D eigenvalue weighted by atomic mass is 16.4. The van der Waals surface area contributed by atoms with Gasteiger partial charge in [-0.3, -0.25) is 14.6 Å². The van der Waals surface area contributed by atoms with Crippen LogP contribution in [0.4, 0.5) is 0 Å². The Balaban J connectivity index is 2.12. The van der Waals surface area contributed by atoms with Crippen LogP contribution in [-0.2, 0) is 9.59 Å². The summed E-state index contributed by atoms with van der Waals surface area (Å²) in [5.41, 5.74) is 0.936. The van der Waals surface area contributed by atoms with Crippen molar-refractivity contribution < 1.29 is 14.7 Å². The Kier molecular flexibility index (Phi) is 2.37. The first kappa shape index (κ1) is 9.64. The summed E-state index contributed by atoms with van der Waals surface area (Å²) >= 11 is 0. The van der Waals surface area contributed by atoms with Crippen LogP contribution in [0.2, 0.25) is 0 Å². The molecule has 1 aromatic heterocycles. The molecule has 0 spiro atoms. The summed E-state index contributed by atoms with van der Waals surface area (Å²) < 4.78 is 0. The van der Waals surface area contributed by atoms with Gasteiger partial charge >= 0.3 is 5.97 Å². The van der Waals surface area contributed by atoms with Crippen LogP contribution in [-0.4, -0.2) is 33.4 Å². The van der Waals surface area contributed by atoms with E-state index in [1.807, 2.05) is 0 Å². The zero-order chi connectivity index (χ0) is 10.8. The number of carbonyl (C=O) groups excluding carboxylic acids is 1. The van der Waals surface area contributed by atoms with Gasteiger partial charge in [-0.15, -0.1) is 0 Å². The lowest BCUT2D eigenvalue weighted by Gasteiger charge is -2.39. The van der Waals surface area contributed by atoms with E-state index in [1.54, 1.807) is 24.5 Å². The van der Waals surface area contributed by atoms with Crippen molar-refractivity contribution in [2.24, 2.45) is 0 Å². The number of aliphatic carboxylic acids is 1. The lowest BCUT2D eigenvalue weighted by atomic mass is 9.95. The third kappa shape index (κ3) is 1.81. The maximum Gasteiger partial charge on any atom is 0.323 e. The lowest BCUT2D eigenvalue weighted by Crippen LogP contribution is -2.48. The largest absolute Gasteiger partial charge is 0.480 e. The second-order valence-electron chi connectivity index (χ2n) is 3.42. The fourth-order valence-corrected chi connectivity index (χ4v) is 1.68. The predicted octanol–water partition coefficient (Wildman–Crippen LogP) is 0.440. The lowest BCUT2D eigenvalue weighted by molar-refractivity contribution is -0.155. The summed E-state index contributed by atoms with van der Waals surface area (Å²) in [6.07, 6.45) is 3.66. The van der Waals surface area contributed by atoms with Crippen molar-refractivity contribution >= 4 is 11.9 Å². The van der Waals surface area contributed by atoms with E-state index in [0.29, 0.717) is 6.42 Å². The average molecular weight is 206 g/mol. The summed E-state index contributed by atoms with van der Waals surface area (Å²) in [4.78, 5) is 26.9. The standard InChI is InChI=1S/C10H10N2O3/c13-9-5-8(12(9)6-10(14)15)7-1-3-11-4-2-7/h1-4,8H,5-6H2,(H,14,15). The molecule has 1 N–H and O–H groups in total. The molecule has 1 atom stereocenters. The van der Waals surface area contributed by atoms with Gasteiger partial charge in [-0.25, -0.2) is 0 Å². The van der Waals surface area contributed by atoms with Crippen LogP contribution in [0.1, 0.15) is 18.0 Å². The Bertz CT molecular complexity index is 391. The van der Waals surface area contributed by atoms with Gasteiger partial charge in [-0.2, -0.15) is 0 Å². The van der Waals surface area contributed by atoms with Gasteiger partial charge < -0.3 is 10.0 Å². The second-order valence-corrected chi connectivity index (χ2v) is 3.42. The van der Waals surface area contributed by atoms with Gasteiger partial charge in [-0.05, 0) is 17.7 Å². The molecule has 5 heteroatoms. The highest BCUT2D eigenvalue weighted by Crippen LogP contribution is 2.33. The number of hydrogen-bond acceptors (Lipinski definition) is 3. The van der Waals surface area contributed by atoms with Crippen LogP contribution >= 0.6 is 0 Å². The maximum absolute atomic E-state index is 11.2. The van der Waals surface area contributed by atoms with Crippen molar-refractivity contribution in [2.45, 2.75) is 12.5 Å². The maximum atomic E-state index is 11.2. The first-order valence-corrected chi connectivity index (χ1v) is 4.59. The Labute approximate surface area is 86.3 Å². The van der Waals surface area contributed by atoms with E-state index in [9.17, 15) is 9.59 Å². The number of pyridine rings is 1. The number of hydrogen-bond donors (Lipinski definition) is 1. The van der Waals surface area contributed by atoms with Crippen molar-refractivity contribution in [3.8, 4) is 0 Å². The van der Waals surface area contributed by atoms with Gasteiger partial charge in [0.15, 0.2) is 0 Å². The molecular formula is C10H10N2O3. The van der Waals surface area contributed by atoms with E-state index in [1.165, 1.54) is 4.90 Å². The Hall–Kier alpha value is -1.91. The number of nitrogens with zero attached hydrogens (tertiary/aromatic N) is 2. The molecule has 2 heterocycles. The molecule has 2 rings (SSSR count). The topological polar surface area (TPSA) is 70.5 Å². The summed E-state index contributed by atoms with van der Waals surface area (Å²) in [5.74, 6) is -1.10. The number of amides is 1. The highest BCUT2D eigenvalue weighted by Gasteiger charge is 2.37. The van der Waals surface area contributed by atoms with Gasteiger partial charge in [-0.1, -0.05) is 0 Å². The van der Waals surface area contributed by atoms with Crippen molar-refractivity contribution in [3.05, 3.63) is 30.1 Å². The molecule has 1 amide bonds. The normalized spacial score (nSPS) is 19.9. The molecule has 1 aromatic rings. The van der Waals surface area contributed by atoms with Crippen molar-refractivity contribution in [1.29, 1.82) is 0 Å². The molecule has 1 unspecified atom stereocenters. The molecule has 0 aromatic carbocycles. The molecule has 0 saturated carbocycles. The summed E-state index contributed by atoms with van der Waals surface area (Å²) in [7, 11) is 0. The van der Waals surface area contributed by atoms with Crippen LogP contribution in [0.15, 0.2) is 24.5 Å². The zero-order valence-electron chi connectivity index (χ0n) is 7.96. The molecule has 78 valence electrons. The first-order valence-electron chi connectivity index (χ1n) is 4.59. The summed E-state index contributed by atoms with van der Waals surface area (Å²) in [5, 5.41) is 8.63. The molecule has 0 aliphatic carbocycles. The minimum Gasteiger partial charge on any atom is -0.480 e. The molecule has 0 radical (unpaired) electrons. The number of aromatic nitrogens is 1. The van der Waals surface area contributed by atoms with E-state index in [0.717, 1.165) is 5.56 Å². The van der Waals surface area contributed by atoms with Gasteiger partial charge in [0.2, 0.25) is 5.91 Å². The minimum absolute atomic E-state index is 0.100. The van der Waals surface area contributed by atoms with E-state index in [4.69, 9.17) is 5.11 Å². The van der Waals surface area contributed by atoms with Gasteiger partial charge in [0, 0.05) is 12.4 Å². The fraction of sp³-hybridized carbons (Fsp3) is 0.300. The number of rotatable bonds is 3. The van der Waals surface area contributed by atoms with Gasteiger partial charge in [0.25, 0.3) is 0 Å². The van der Waals surface area contributed by atoms with E-state index in [-0.39, 0.29) is 18.5 Å². The SMILES string of the molecule is O=C(O)CN1C(=O)CC1c1ccncc1. The van der Waals surface area contributed by atoms with E-state index < -0.39 is 5.97 Å². The van der Waals surface area contributed by atoms with Gasteiger partial charge in [0.1, 0.15) is 6.54 Å². The fourth-order valence-electron chi connectivity index (χ4n) is 1.68. The first-order chi connectivity index (χ1) is 7.18. The molecule has 1 aliphatic rings. The van der Waals surface area contributed by atoms with E-state index in [2.05, 4.69) is 4.98 Å². The van der Waals surface area contributed by atoms with Crippen molar-refractivity contribution in [1.82, 2.24) is 9.88 Å². The molecule has 1 fully saturated rings. The monoisotopic (exact) mass is 206 g/mol. The van der Waals surface area contributed by atoms with Crippen LogP contribution in [0.5, 0.6) is 0 Å². The third-order valence-corrected chi connectivity index (χ3v) is 2.46. The molecule has 0 bridgehead atoms. The highest BCUT2D eigenvalue weighted by molar-refractivity contribution is 5.87. The molecule has 5 nitrogen and oxygen atoms in total. The third-order valence-electron chi connectivity index (χ3n) is 2.46. The minimum atomic E-state index is -0.984. The smallest absolute Gasteiger partial charge is 0.323 e. The van der Waals surface area contributed by atoms with Gasteiger partial charge in [0.05, 0.1) is 12.5 Å². The van der Waals surface area contributed by atoms with Crippen molar-refractivity contribution in [2.75, 3.05) is 6.54 Å². The van der Waals surface area contributed by atoms with Crippen LogP contribution < -0.4 is 0 Å². The number of carbonyl (C=O) groups is 2. The zero-order valence-corrected chi connectivity index (χ0v) is 7.96. The van der Waals surface area contributed by atoms with E-state index >= 15 is 0 Å². The van der Waals surface area contributed by atoms with Crippen LogP contribution in [0.3, 0.4) is 0 Å². The summed E-state index contributed by atoms with van der Waals surface area (Å²) in [6.45, 7) is -0.230. The molecule has 15 heavy (non-hydrogen) atoms. The number of carboxylic acids is 1. The number of likely N-dealkylation sites (tertiary alicyclic amines) is 1. The number of carboxylic acid groups (broad SMARTS) is 1. The molecule has 1 aliphatic heterocycles. The quantitative estimate of drug-likeness (QED) is 0.728. The van der Waals surface area contributed by atoms with Crippen LogP contribution in [0.25, 0.3) is 0 Å². The van der Waals surface area contributed by atoms with Crippen molar-refractivity contribution in [3.63, 3.8) is 0 Å². The summed E-state index contributed by atoms with van der Waals surface area (Å²) in [6, 6.07) is 3.49.